The number of nitrogen functional groups attached to an aromatic ring is 1. The van der Waals surface area contributed by atoms with Crippen molar-refractivity contribution in [1.29, 1.82) is 0 Å². The lowest BCUT2D eigenvalue weighted by molar-refractivity contribution is 0.0976. The summed E-state index contributed by atoms with van der Waals surface area (Å²) in [6.45, 7) is 3.32. The molecule has 3 aliphatic heterocycles. The van der Waals surface area contributed by atoms with E-state index in [0.29, 0.717) is 17.3 Å². The number of piperidine rings is 3. The molecule has 0 unspecified atom stereocenters. The number of imidazole rings is 1. The number of aromatic amines is 2. The third kappa shape index (κ3) is 3.55. The number of nitrogens with one attached hydrogen (secondary N) is 3. The average molecular weight is 477 g/mol. The van der Waals surface area contributed by atoms with Crippen molar-refractivity contribution >= 4 is 33.3 Å². The van der Waals surface area contributed by atoms with Crippen LogP contribution in [0.15, 0.2) is 71.5 Å². The molecule has 8 rings (SSSR count). The highest BCUT2D eigenvalue weighted by Crippen LogP contribution is 2.37. The van der Waals surface area contributed by atoms with E-state index >= 15 is 0 Å². The van der Waals surface area contributed by atoms with Gasteiger partial charge in [-0.05, 0) is 79.4 Å². The molecule has 5 heterocycles. The minimum atomic E-state index is -0.151. The SMILES string of the molecule is Nc1cccc(-c2ccc3[nH]c(=O)c(-c4nc5ccccc5[nH]4)c(N[C@@H]4CN5CCC4CC5)c3c2)c1. The second-order valence-corrected chi connectivity index (χ2v) is 10.1. The molecule has 3 fully saturated rings. The molecule has 3 aromatic carbocycles. The Hall–Kier alpha value is -4.10. The van der Waals surface area contributed by atoms with Crippen molar-refractivity contribution in [3.63, 3.8) is 0 Å². The monoisotopic (exact) mass is 476 g/mol. The maximum Gasteiger partial charge on any atom is 0.261 e. The van der Waals surface area contributed by atoms with Crippen LogP contribution in [0.3, 0.4) is 0 Å². The van der Waals surface area contributed by atoms with Crippen LogP contribution in [0.1, 0.15) is 12.8 Å². The zero-order valence-corrected chi connectivity index (χ0v) is 19.9. The number of para-hydroxylation sites is 2. The number of H-pyrrole nitrogens is 2. The molecule has 0 aliphatic carbocycles. The van der Waals surface area contributed by atoms with E-state index < -0.39 is 0 Å². The fourth-order valence-electron chi connectivity index (χ4n) is 5.95. The van der Waals surface area contributed by atoms with Gasteiger partial charge in [-0.25, -0.2) is 4.98 Å². The molecule has 2 bridgehead atoms. The van der Waals surface area contributed by atoms with Crippen LogP contribution in [-0.2, 0) is 0 Å². The van der Waals surface area contributed by atoms with Crippen molar-refractivity contribution < 1.29 is 0 Å². The van der Waals surface area contributed by atoms with Crippen molar-refractivity contribution in [3.05, 3.63) is 77.1 Å². The highest BCUT2D eigenvalue weighted by molar-refractivity contribution is 6.01. The van der Waals surface area contributed by atoms with Gasteiger partial charge in [0.05, 0.1) is 22.2 Å². The molecule has 3 saturated heterocycles. The third-order valence-electron chi connectivity index (χ3n) is 7.85. The fraction of sp³-hybridized carbons (Fsp3) is 0.241. The molecule has 7 heteroatoms. The molecule has 3 aliphatic rings. The van der Waals surface area contributed by atoms with E-state index in [9.17, 15) is 4.79 Å². The zero-order chi connectivity index (χ0) is 24.2. The Labute approximate surface area is 208 Å². The van der Waals surface area contributed by atoms with Crippen molar-refractivity contribution in [2.75, 3.05) is 30.7 Å². The Morgan fingerprint density at radius 1 is 0.917 bits per heavy atom. The predicted octanol–water partition coefficient (Wildman–Crippen LogP) is 4.83. The summed E-state index contributed by atoms with van der Waals surface area (Å²) in [4.78, 5) is 27.4. The summed E-state index contributed by atoms with van der Waals surface area (Å²) in [6, 6.07) is 22.2. The first-order valence-electron chi connectivity index (χ1n) is 12.6. The molecule has 0 amide bonds. The molecular formula is C29H28N6O. The first kappa shape index (κ1) is 21.2. The van der Waals surface area contributed by atoms with Crippen molar-refractivity contribution in [1.82, 2.24) is 19.9 Å². The van der Waals surface area contributed by atoms with Crippen molar-refractivity contribution in [2.45, 2.75) is 18.9 Å². The Morgan fingerprint density at radius 3 is 2.53 bits per heavy atom. The quantitative estimate of drug-likeness (QED) is 0.278. The van der Waals surface area contributed by atoms with Gasteiger partial charge >= 0.3 is 0 Å². The fourth-order valence-corrected chi connectivity index (χ4v) is 5.95. The minimum Gasteiger partial charge on any atom is -0.399 e. The maximum atomic E-state index is 13.5. The number of hydrogen-bond acceptors (Lipinski definition) is 5. The van der Waals surface area contributed by atoms with Crippen LogP contribution >= 0.6 is 0 Å². The highest BCUT2D eigenvalue weighted by Gasteiger charge is 2.35. The standard InChI is InChI=1S/C29H28N6O/c30-20-5-3-4-18(14-20)19-8-9-22-21(15-19)27(31-25-16-35-12-10-17(25)11-13-35)26(29(36)34-22)28-32-23-6-1-2-7-24(23)33-28/h1-9,14-15,17,25H,10-13,16,30H2,(H,32,33)(H2,31,34,36)/t25-/m1/s1. The van der Waals surface area contributed by atoms with E-state index in [1.807, 2.05) is 54.6 Å². The number of anilines is 2. The summed E-state index contributed by atoms with van der Waals surface area (Å²) in [6.07, 6.45) is 2.38. The summed E-state index contributed by atoms with van der Waals surface area (Å²) < 4.78 is 0. The van der Waals surface area contributed by atoms with Gasteiger partial charge in [-0.2, -0.15) is 0 Å². The molecule has 5 N–H and O–H groups in total. The normalized spacial score (nSPS) is 21.3. The second-order valence-electron chi connectivity index (χ2n) is 10.1. The average Bonchev–Trinajstić information content (AvgIpc) is 3.33. The van der Waals surface area contributed by atoms with E-state index in [1.54, 1.807) is 0 Å². The van der Waals surface area contributed by atoms with Gasteiger partial charge in [-0.1, -0.05) is 30.3 Å². The summed E-state index contributed by atoms with van der Waals surface area (Å²) in [5.74, 6) is 1.18. The molecule has 180 valence electrons. The number of nitrogens with two attached hydrogens (primary N) is 1. The van der Waals surface area contributed by atoms with Crippen LogP contribution in [0.5, 0.6) is 0 Å². The van der Waals surface area contributed by atoms with Crippen LogP contribution < -0.4 is 16.6 Å². The Balaban J connectivity index is 1.45. The summed E-state index contributed by atoms with van der Waals surface area (Å²) in [7, 11) is 0. The lowest BCUT2D eigenvalue weighted by Crippen LogP contribution is -2.53. The second kappa shape index (κ2) is 8.24. The number of aromatic nitrogens is 3. The summed E-state index contributed by atoms with van der Waals surface area (Å²) >= 11 is 0. The first-order chi connectivity index (χ1) is 17.6. The summed E-state index contributed by atoms with van der Waals surface area (Å²) in [5.41, 5.74) is 12.7. The molecule has 0 radical (unpaired) electrons. The number of fused-ring (bicyclic) bond motifs is 5. The lowest BCUT2D eigenvalue weighted by atomic mass is 9.83. The predicted molar refractivity (Wildman–Crippen MR) is 146 cm³/mol. The molecule has 36 heavy (non-hydrogen) atoms. The molecule has 7 nitrogen and oxygen atoms in total. The van der Waals surface area contributed by atoms with E-state index in [-0.39, 0.29) is 11.6 Å². The van der Waals surface area contributed by atoms with Gasteiger partial charge < -0.3 is 25.9 Å². The number of benzene rings is 3. The lowest BCUT2D eigenvalue weighted by Gasteiger charge is -2.45. The van der Waals surface area contributed by atoms with Gasteiger partial charge in [0.1, 0.15) is 11.4 Å². The van der Waals surface area contributed by atoms with Gasteiger partial charge in [0.15, 0.2) is 0 Å². The molecule has 5 aromatic rings. The smallest absolute Gasteiger partial charge is 0.261 e. The number of pyridine rings is 1. The van der Waals surface area contributed by atoms with Gasteiger partial charge in [-0.15, -0.1) is 0 Å². The zero-order valence-electron chi connectivity index (χ0n) is 19.9. The van der Waals surface area contributed by atoms with E-state index in [4.69, 9.17) is 10.7 Å². The molecule has 0 saturated carbocycles. The topological polar surface area (TPSA) is 103 Å². The number of nitrogens with zero attached hydrogens (tertiary/aromatic N) is 2. The van der Waals surface area contributed by atoms with Crippen LogP contribution in [0.2, 0.25) is 0 Å². The Bertz CT molecular complexity index is 1630. The van der Waals surface area contributed by atoms with E-state index in [2.05, 4.69) is 32.3 Å². The summed E-state index contributed by atoms with van der Waals surface area (Å²) in [5, 5.41) is 4.82. The van der Waals surface area contributed by atoms with Gasteiger partial charge in [0, 0.05) is 23.7 Å². The first-order valence-corrected chi connectivity index (χ1v) is 12.6. The third-order valence-corrected chi connectivity index (χ3v) is 7.85. The largest absolute Gasteiger partial charge is 0.399 e. The van der Waals surface area contributed by atoms with Crippen LogP contribution in [0, 0.1) is 5.92 Å². The Kier molecular flexibility index (Phi) is 4.85. The molecule has 0 spiro atoms. The van der Waals surface area contributed by atoms with Gasteiger partial charge in [0.2, 0.25) is 0 Å². The van der Waals surface area contributed by atoms with Crippen molar-refractivity contribution in [3.8, 4) is 22.5 Å². The highest BCUT2D eigenvalue weighted by atomic mass is 16.1. The van der Waals surface area contributed by atoms with Crippen LogP contribution in [0.25, 0.3) is 44.5 Å². The molecular weight excluding hydrogens is 448 g/mol. The Morgan fingerprint density at radius 2 is 1.75 bits per heavy atom. The molecule has 1 atom stereocenters. The van der Waals surface area contributed by atoms with E-state index in [0.717, 1.165) is 64.1 Å². The minimum absolute atomic E-state index is 0.151. The van der Waals surface area contributed by atoms with E-state index in [1.165, 1.54) is 12.8 Å². The maximum absolute atomic E-state index is 13.5. The van der Waals surface area contributed by atoms with Crippen LogP contribution in [-0.4, -0.2) is 45.5 Å². The number of hydrogen-bond donors (Lipinski definition) is 4. The van der Waals surface area contributed by atoms with Crippen LogP contribution in [0.4, 0.5) is 11.4 Å². The molecule has 2 aromatic heterocycles. The van der Waals surface area contributed by atoms with Crippen molar-refractivity contribution in [2.24, 2.45) is 5.92 Å². The van der Waals surface area contributed by atoms with Gasteiger partial charge in [0.25, 0.3) is 5.56 Å². The number of rotatable bonds is 4. The van der Waals surface area contributed by atoms with Gasteiger partial charge in [-0.3, -0.25) is 4.79 Å².